The number of amides is 1. The Labute approximate surface area is 183 Å². The average molecular weight is 441 g/mol. The van der Waals surface area contributed by atoms with Crippen molar-refractivity contribution in [2.24, 2.45) is 0 Å². The highest BCUT2D eigenvalue weighted by Gasteiger charge is 2.16. The summed E-state index contributed by atoms with van der Waals surface area (Å²) >= 11 is 12.0. The van der Waals surface area contributed by atoms with Crippen LogP contribution >= 0.6 is 23.2 Å². The molecule has 1 unspecified atom stereocenters. The number of halogens is 2. The summed E-state index contributed by atoms with van der Waals surface area (Å²) in [6.45, 7) is 1.92. The minimum atomic E-state index is -0.230. The van der Waals surface area contributed by atoms with E-state index in [9.17, 15) is 4.79 Å². The second kappa shape index (κ2) is 8.73. The van der Waals surface area contributed by atoms with E-state index in [-0.39, 0.29) is 11.9 Å². The molecule has 152 valence electrons. The number of nitrogens with one attached hydrogen (secondary N) is 2. The smallest absolute Gasteiger partial charge is 0.269 e. The lowest BCUT2D eigenvalue weighted by Gasteiger charge is -2.11. The van der Waals surface area contributed by atoms with Gasteiger partial charge in [0, 0.05) is 36.0 Å². The first-order chi connectivity index (χ1) is 14.5. The number of aromatic nitrogens is 3. The lowest BCUT2D eigenvalue weighted by molar-refractivity contribution is 0.0934. The number of hydrogen-bond donors (Lipinski definition) is 2. The summed E-state index contributed by atoms with van der Waals surface area (Å²) in [5.74, 6) is 1.22. The van der Waals surface area contributed by atoms with Gasteiger partial charge in [0.1, 0.15) is 17.2 Å². The average Bonchev–Trinajstić information content (AvgIpc) is 3.41. The van der Waals surface area contributed by atoms with Crippen molar-refractivity contribution in [3.05, 3.63) is 82.4 Å². The van der Waals surface area contributed by atoms with Crippen molar-refractivity contribution in [3.8, 4) is 22.6 Å². The van der Waals surface area contributed by atoms with Gasteiger partial charge in [0.25, 0.3) is 5.91 Å². The Morgan fingerprint density at radius 1 is 1.07 bits per heavy atom. The maximum absolute atomic E-state index is 12.5. The molecule has 4 aromatic rings. The van der Waals surface area contributed by atoms with Crippen molar-refractivity contribution >= 4 is 29.1 Å². The molecule has 1 amide bonds. The number of nitrogens with zero attached hydrogens (tertiary/aromatic N) is 2. The van der Waals surface area contributed by atoms with E-state index < -0.39 is 0 Å². The maximum Gasteiger partial charge on any atom is 0.269 e. The van der Waals surface area contributed by atoms with Gasteiger partial charge in [-0.3, -0.25) is 14.9 Å². The number of carbonyl (C=O) groups excluding carboxylic acids is 1. The number of pyridine rings is 1. The molecule has 0 bridgehead atoms. The molecule has 1 atom stereocenters. The van der Waals surface area contributed by atoms with Crippen molar-refractivity contribution in [1.29, 1.82) is 0 Å². The molecule has 4 rings (SSSR count). The number of H-pyrrole nitrogens is 1. The van der Waals surface area contributed by atoms with E-state index in [2.05, 4.69) is 20.5 Å². The van der Waals surface area contributed by atoms with Crippen LogP contribution in [-0.2, 0) is 6.42 Å². The molecule has 0 aliphatic carbocycles. The van der Waals surface area contributed by atoms with Gasteiger partial charge in [0.2, 0.25) is 0 Å². The molecule has 0 radical (unpaired) electrons. The van der Waals surface area contributed by atoms with Crippen LogP contribution in [0.25, 0.3) is 22.6 Å². The van der Waals surface area contributed by atoms with Gasteiger partial charge in [-0.25, -0.2) is 0 Å². The van der Waals surface area contributed by atoms with Crippen LogP contribution in [0.15, 0.2) is 65.3 Å². The first kappa shape index (κ1) is 20.2. The Balaban J connectivity index is 1.38. The molecular weight excluding hydrogens is 423 g/mol. The van der Waals surface area contributed by atoms with Gasteiger partial charge in [0.15, 0.2) is 0 Å². The van der Waals surface area contributed by atoms with E-state index in [1.807, 2.05) is 37.3 Å². The zero-order valence-corrected chi connectivity index (χ0v) is 17.5. The molecule has 0 saturated heterocycles. The highest BCUT2D eigenvalue weighted by molar-refractivity contribution is 6.42. The fourth-order valence-electron chi connectivity index (χ4n) is 3.06. The van der Waals surface area contributed by atoms with Crippen LogP contribution in [0.4, 0.5) is 0 Å². The monoisotopic (exact) mass is 440 g/mol. The summed E-state index contributed by atoms with van der Waals surface area (Å²) in [7, 11) is 0. The third-order valence-electron chi connectivity index (χ3n) is 4.55. The third kappa shape index (κ3) is 4.56. The molecule has 0 aliphatic rings. The minimum Gasteiger partial charge on any atom is -0.461 e. The molecule has 0 spiro atoms. The summed E-state index contributed by atoms with van der Waals surface area (Å²) in [4.78, 5) is 16.5. The molecule has 0 saturated carbocycles. The van der Waals surface area contributed by atoms with Gasteiger partial charge in [-0.1, -0.05) is 23.2 Å². The standard InChI is InChI=1S/C22H18Cl2N4O2/c1-13(10-16-3-5-21(30-16)15-2-4-17(23)18(24)11-15)26-22(29)20-12-19(27-28-20)14-6-8-25-9-7-14/h2-9,11-13H,10H2,1H3,(H,26,29)(H,27,28). The van der Waals surface area contributed by atoms with Crippen molar-refractivity contribution in [2.45, 2.75) is 19.4 Å². The topological polar surface area (TPSA) is 83.8 Å². The number of hydrogen-bond acceptors (Lipinski definition) is 4. The van der Waals surface area contributed by atoms with Crippen molar-refractivity contribution in [3.63, 3.8) is 0 Å². The first-order valence-corrected chi connectivity index (χ1v) is 10.1. The summed E-state index contributed by atoms with van der Waals surface area (Å²) in [6, 6.07) is 14.3. The second-order valence-corrected chi connectivity index (χ2v) is 7.69. The van der Waals surface area contributed by atoms with Crippen molar-refractivity contribution in [2.75, 3.05) is 0 Å². The van der Waals surface area contributed by atoms with Crippen LogP contribution in [0.2, 0.25) is 10.0 Å². The van der Waals surface area contributed by atoms with Gasteiger partial charge >= 0.3 is 0 Å². The van der Waals surface area contributed by atoms with Crippen LogP contribution in [0.5, 0.6) is 0 Å². The molecule has 3 aromatic heterocycles. The Morgan fingerprint density at radius 2 is 1.87 bits per heavy atom. The van der Waals surface area contributed by atoms with E-state index in [0.717, 1.165) is 16.9 Å². The summed E-state index contributed by atoms with van der Waals surface area (Å²) in [5.41, 5.74) is 2.81. The molecule has 3 heterocycles. The number of furan rings is 1. The summed E-state index contributed by atoms with van der Waals surface area (Å²) in [5, 5.41) is 10.9. The number of aromatic amines is 1. The number of carbonyl (C=O) groups is 1. The molecule has 0 aliphatic heterocycles. The normalized spacial score (nSPS) is 12.0. The number of benzene rings is 1. The largest absolute Gasteiger partial charge is 0.461 e. The predicted molar refractivity (Wildman–Crippen MR) is 117 cm³/mol. The van der Waals surface area contributed by atoms with Gasteiger partial charge in [0.05, 0.1) is 15.7 Å². The van der Waals surface area contributed by atoms with Crippen molar-refractivity contribution < 1.29 is 9.21 Å². The van der Waals surface area contributed by atoms with E-state index in [4.69, 9.17) is 27.6 Å². The van der Waals surface area contributed by atoms with E-state index in [1.54, 1.807) is 30.6 Å². The van der Waals surface area contributed by atoms with Crippen LogP contribution < -0.4 is 5.32 Å². The van der Waals surface area contributed by atoms with E-state index in [0.29, 0.717) is 33.6 Å². The first-order valence-electron chi connectivity index (χ1n) is 9.30. The highest BCUT2D eigenvalue weighted by Crippen LogP contribution is 2.29. The molecule has 0 fully saturated rings. The van der Waals surface area contributed by atoms with Gasteiger partial charge in [-0.2, -0.15) is 5.10 Å². The Kier molecular flexibility index (Phi) is 5.88. The lowest BCUT2D eigenvalue weighted by atomic mass is 10.1. The number of rotatable bonds is 6. The molecule has 30 heavy (non-hydrogen) atoms. The molecule has 2 N–H and O–H groups in total. The highest BCUT2D eigenvalue weighted by atomic mass is 35.5. The maximum atomic E-state index is 12.5. The SMILES string of the molecule is CC(Cc1ccc(-c2ccc(Cl)c(Cl)c2)o1)NC(=O)c1cc(-c2ccncc2)n[nH]1. The summed E-state index contributed by atoms with van der Waals surface area (Å²) < 4.78 is 5.91. The Bertz CT molecular complexity index is 1170. The Hall–Kier alpha value is -3.09. The molecular formula is C22H18Cl2N4O2. The minimum absolute atomic E-state index is 0.141. The van der Waals surface area contributed by atoms with Crippen LogP contribution in [0.3, 0.4) is 0 Å². The van der Waals surface area contributed by atoms with Crippen LogP contribution in [-0.4, -0.2) is 27.1 Å². The fraction of sp³-hybridized carbons (Fsp3) is 0.136. The molecule has 6 nitrogen and oxygen atoms in total. The predicted octanol–water partition coefficient (Wildman–Crippen LogP) is 5.40. The lowest BCUT2D eigenvalue weighted by Crippen LogP contribution is -2.34. The van der Waals surface area contributed by atoms with Gasteiger partial charge in [-0.15, -0.1) is 0 Å². The zero-order chi connectivity index (χ0) is 21.1. The van der Waals surface area contributed by atoms with Crippen LogP contribution in [0.1, 0.15) is 23.2 Å². The van der Waals surface area contributed by atoms with E-state index in [1.165, 1.54) is 0 Å². The fourth-order valence-corrected chi connectivity index (χ4v) is 3.35. The Morgan fingerprint density at radius 3 is 2.63 bits per heavy atom. The van der Waals surface area contributed by atoms with Crippen LogP contribution in [0, 0.1) is 0 Å². The molecule has 8 heteroatoms. The quantitative estimate of drug-likeness (QED) is 0.420. The molecule has 1 aromatic carbocycles. The van der Waals surface area contributed by atoms with Gasteiger partial charge < -0.3 is 9.73 Å². The van der Waals surface area contributed by atoms with Gasteiger partial charge in [-0.05, 0) is 55.5 Å². The third-order valence-corrected chi connectivity index (χ3v) is 5.29. The second-order valence-electron chi connectivity index (χ2n) is 6.88. The summed E-state index contributed by atoms with van der Waals surface area (Å²) in [6.07, 6.45) is 3.90. The van der Waals surface area contributed by atoms with E-state index >= 15 is 0 Å². The van der Waals surface area contributed by atoms with Crippen molar-refractivity contribution in [1.82, 2.24) is 20.5 Å². The zero-order valence-electron chi connectivity index (χ0n) is 16.0.